The van der Waals surface area contributed by atoms with E-state index < -0.39 is 0 Å². The number of ether oxygens (including phenoxy) is 1. The fourth-order valence-corrected chi connectivity index (χ4v) is 3.78. The van der Waals surface area contributed by atoms with E-state index in [0.29, 0.717) is 24.0 Å². The minimum absolute atomic E-state index is 0.194. The zero-order chi connectivity index (χ0) is 13.9. The molecule has 0 aromatic rings. The summed E-state index contributed by atoms with van der Waals surface area (Å²) in [5, 5.41) is 13.2. The fraction of sp³-hybridized carbons (Fsp3) is 1.00. The molecule has 0 amide bonds. The average molecular weight is 270 g/mol. The van der Waals surface area contributed by atoms with Crippen LogP contribution in [0.4, 0.5) is 0 Å². The third kappa shape index (κ3) is 3.48. The predicted octanol–water partition coefficient (Wildman–Crippen LogP) is 1.09. The zero-order valence-corrected chi connectivity index (χ0v) is 12.7. The lowest BCUT2D eigenvalue weighted by molar-refractivity contribution is -0.0353. The van der Waals surface area contributed by atoms with Crippen molar-refractivity contribution in [3.63, 3.8) is 0 Å². The van der Waals surface area contributed by atoms with Crippen molar-refractivity contribution in [2.45, 2.75) is 45.7 Å². The van der Waals surface area contributed by atoms with Crippen LogP contribution in [-0.2, 0) is 4.74 Å². The molecule has 4 nitrogen and oxygen atoms in total. The van der Waals surface area contributed by atoms with Gasteiger partial charge in [-0.1, -0.05) is 20.8 Å². The lowest BCUT2D eigenvalue weighted by Gasteiger charge is -2.39. The molecular formula is C15H30N2O2. The highest BCUT2D eigenvalue weighted by Crippen LogP contribution is 2.41. The first-order valence-corrected chi connectivity index (χ1v) is 7.74. The molecule has 2 rings (SSSR count). The van der Waals surface area contributed by atoms with Gasteiger partial charge in [0.25, 0.3) is 0 Å². The number of aliphatic hydroxyl groups is 1. The maximum absolute atomic E-state index is 9.47. The van der Waals surface area contributed by atoms with Crippen molar-refractivity contribution in [1.29, 1.82) is 0 Å². The first-order chi connectivity index (χ1) is 9.08. The van der Waals surface area contributed by atoms with Gasteiger partial charge in [0, 0.05) is 19.1 Å². The largest absolute Gasteiger partial charge is 0.395 e. The first-order valence-electron chi connectivity index (χ1n) is 7.74. The Morgan fingerprint density at radius 2 is 2.21 bits per heavy atom. The molecule has 1 aliphatic heterocycles. The summed E-state index contributed by atoms with van der Waals surface area (Å²) in [6, 6.07) is 0.791. The van der Waals surface area contributed by atoms with Crippen molar-refractivity contribution in [1.82, 2.24) is 10.2 Å². The lowest BCUT2D eigenvalue weighted by atomic mass is 9.84. The van der Waals surface area contributed by atoms with Gasteiger partial charge in [0.05, 0.1) is 25.9 Å². The Morgan fingerprint density at radius 3 is 2.89 bits per heavy atom. The Morgan fingerprint density at radius 1 is 1.42 bits per heavy atom. The predicted molar refractivity (Wildman–Crippen MR) is 77.2 cm³/mol. The zero-order valence-electron chi connectivity index (χ0n) is 12.7. The second-order valence-electron chi connectivity index (χ2n) is 6.73. The van der Waals surface area contributed by atoms with E-state index >= 15 is 0 Å². The maximum Gasteiger partial charge on any atom is 0.0644 e. The molecule has 1 heterocycles. The number of nitrogens with one attached hydrogen (secondary N) is 1. The van der Waals surface area contributed by atoms with Crippen molar-refractivity contribution in [3.05, 3.63) is 0 Å². The highest BCUT2D eigenvalue weighted by atomic mass is 16.5. The van der Waals surface area contributed by atoms with Gasteiger partial charge >= 0.3 is 0 Å². The minimum atomic E-state index is 0.194. The van der Waals surface area contributed by atoms with Crippen molar-refractivity contribution >= 4 is 0 Å². The van der Waals surface area contributed by atoms with E-state index in [9.17, 15) is 5.11 Å². The summed E-state index contributed by atoms with van der Waals surface area (Å²) >= 11 is 0. The molecule has 2 fully saturated rings. The third-order valence-electron chi connectivity index (χ3n) is 4.93. The Hall–Kier alpha value is -0.160. The molecule has 1 aliphatic carbocycles. The van der Waals surface area contributed by atoms with Crippen LogP contribution in [0.3, 0.4) is 0 Å². The van der Waals surface area contributed by atoms with Crippen LogP contribution in [0.15, 0.2) is 0 Å². The third-order valence-corrected chi connectivity index (χ3v) is 4.93. The molecule has 1 saturated heterocycles. The Kier molecular flexibility index (Phi) is 5.23. The highest BCUT2D eigenvalue weighted by molar-refractivity contribution is 4.97. The Balaban J connectivity index is 1.97. The number of aliphatic hydroxyl groups excluding tert-OH is 1. The number of hydrogen-bond acceptors (Lipinski definition) is 4. The quantitative estimate of drug-likeness (QED) is 0.785. The maximum atomic E-state index is 9.47. The van der Waals surface area contributed by atoms with Gasteiger partial charge in [-0.15, -0.1) is 0 Å². The summed E-state index contributed by atoms with van der Waals surface area (Å²) in [4.78, 5) is 2.43. The number of morpholine rings is 1. The molecule has 2 aliphatic rings. The van der Waals surface area contributed by atoms with E-state index in [2.05, 4.69) is 31.0 Å². The molecule has 3 unspecified atom stereocenters. The van der Waals surface area contributed by atoms with E-state index in [1.165, 1.54) is 12.8 Å². The van der Waals surface area contributed by atoms with Gasteiger partial charge in [-0.2, -0.15) is 0 Å². The Bertz CT molecular complexity index is 283. The van der Waals surface area contributed by atoms with Gasteiger partial charge in [-0.3, -0.25) is 4.90 Å². The minimum Gasteiger partial charge on any atom is -0.395 e. The summed E-state index contributed by atoms with van der Waals surface area (Å²) in [6.07, 6.45) is 2.59. The van der Waals surface area contributed by atoms with E-state index in [0.717, 1.165) is 26.2 Å². The van der Waals surface area contributed by atoms with E-state index in [-0.39, 0.29) is 12.6 Å². The van der Waals surface area contributed by atoms with Gasteiger partial charge < -0.3 is 15.2 Å². The van der Waals surface area contributed by atoms with Crippen LogP contribution in [0.25, 0.3) is 0 Å². The SMILES string of the molecule is CCNC1C(CN2CCOCC2CO)CCC1(C)C. The molecule has 0 aromatic heterocycles. The van der Waals surface area contributed by atoms with Crippen LogP contribution in [0.1, 0.15) is 33.6 Å². The van der Waals surface area contributed by atoms with E-state index in [1.807, 2.05) is 0 Å². The molecule has 0 spiro atoms. The van der Waals surface area contributed by atoms with Crippen LogP contribution in [0.5, 0.6) is 0 Å². The topological polar surface area (TPSA) is 44.7 Å². The number of hydrogen-bond donors (Lipinski definition) is 2. The summed E-state index contributed by atoms with van der Waals surface area (Å²) in [5.74, 6) is 0.696. The summed E-state index contributed by atoms with van der Waals surface area (Å²) in [7, 11) is 0. The smallest absolute Gasteiger partial charge is 0.0644 e. The highest BCUT2D eigenvalue weighted by Gasteiger charge is 2.42. The van der Waals surface area contributed by atoms with Crippen LogP contribution in [-0.4, -0.2) is 61.5 Å². The molecule has 3 atom stereocenters. The normalized spacial score (nSPS) is 35.7. The molecule has 1 saturated carbocycles. The van der Waals surface area contributed by atoms with Gasteiger partial charge in [-0.05, 0) is 30.7 Å². The standard InChI is InChI=1S/C15H30N2O2/c1-4-16-14-12(5-6-15(14,2)3)9-17-7-8-19-11-13(17)10-18/h12-14,16,18H,4-11H2,1-3H3. The van der Waals surface area contributed by atoms with Gasteiger partial charge in [0.15, 0.2) is 0 Å². The van der Waals surface area contributed by atoms with Crippen molar-refractivity contribution in [2.75, 3.05) is 39.5 Å². The van der Waals surface area contributed by atoms with E-state index in [1.54, 1.807) is 0 Å². The molecule has 0 aromatic carbocycles. The van der Waals surface area contributed by atoms with Gasteiger partial charge in [0.1, 0.15) is 0 Å². The Labute approximate surface area is 117 Å². The number of nitrogens with zero attached hydrogens (tertiary/aromatic N) is 1. The van der Waals surface area contributed by atoms with Crippen LogP contribution in [0.2, 0.25) is 0 Å². The molecular weight excluding hydrogens is 240 g/mol. The van der Waals surface area contributed by atoms with Crippen LogP contribution < -0.4 is 5.32 Å². The summed E-state index contributed by atoms with van der Waals surface area (Å²) in [6.45, 7) is 11.7. The van der Waals surface area contributed by atoms with Crippen molar-refractivity contribution < 1.29 is 9.84 Å². The molecule has 0 radical (unpaired) electrons. The van der Waals surface area contributed by atoms with Crippen LogP contribution in [0, 0.1) is 11.3 Å². The second-order valence-corrected chi connectivity index (χ2v) is 6.73. The van der Waals surface area contributed by atoms with E-state index in [4.69, 9.17) is 4.74 Å². The van der Waals surface area contributed by atoms with Crippen molar-refractivity contribution in [2.24, 2.45) is 11.3 Å². The fourth-order valence-electron chi connectivity index (χ4n) is 3.78. The summed E-state index contributed by atoms with van der Waals surface area (Å²) < 4.78 is 5.47. The number of rotatable bonds is 5. The monoisotopic (exact) mass is 270 g/mol. The second kappa shape index (κ2) is 6.53. The van der Waals surface area contributed by atoms with Crippen molar-refractivity contribution in [3.8, 4) is 0 Å². The molecule has 19 heavy (non-hydrogen) atoms. The van der Waals surface area contributed by atoms with Gasteiger partial charge in [-0.25, -0.2) is 0 Å². The summed E-state index contributed by atoms with van der Waals surface area (Å²) in [5.41, 5.74) is 0.391. The molecule has 112 valence electrons. The van der Waals surface area contributed by atoms with Gasteiger partial charge in [0.2, 0.25) is 0 Å². The van der Waals surface area contributed by atoms with Crippen LogP contribution >= 0.6 is 0 Å². The molecule has 4 heteroatoms. The lowest BCUT2D eigenvalue weighted by Crippen LogP contribution is -2.52. The average Bonchev–Trinajstić information content (AvgIpc) is 2.67. The first kappa shape index (κ1) is 15.2. The molecule has 2 N–H and O–H groups in total. The molecule has 0 bridgehead atoms.